The molecule has 1 amide bonds. The molecule has 0 aromatic rings. The summed E-state index contributed by atoms with van der Waals surface area (Å²) in [6, 6.07) is -0.208. The number of hydrogen-bond donors (Lipinski definition) is 1. The van der Waals surface area contributed by atoms with Crippen molar-refractivity contribution in [3.63, 3.8) is 0 Å². The Kier molecular flexibility index (Phi) is 3.83. The van der Waals surface area contributed by atoms with Gasteiger partial charge in [0.05, 0.1) is 5.92 Å². The van der Waals surface area contributed by atoms with Crippen LogP contribution >= 0.6 is 0 Å². The molecule has 2 bridgehead atoms. The fourth-order valence-corrected chi connectivity index (χ4v) is 2.44. The predicted molar refractivity (Wildman–Crippen MR) is 69.3 cm³/mol. The molecular weight excluding hydrogens is 246 g/mol. The molecule has 3 rings (SSSR count). The van der Waals surface area contributed by atoms with E-state index in [1.54, 1.807) is 0 Å². The number of allylic oxidation sites excluding steroid dienone is 2. The summed E-state index contributed by atoms with van der Waals surface area (Å²) in [4.78, 5) is 23.7. The summed E-state index contributed by atoms with van der Waals surface area (Å²) in [5.74, 6) is 0.278. The molecule has 0 aromatic carbocycles. The van der Waals surface area contributed by atoms with Crippen LogP contribution in [0.3, 0.4) is 0 Å². The maximum atomic E-state index is 11.9. The fraction of sp³-hybridized carbons (Fsp3) is 0.714. The van der Waals surface area contributed by atoms with Gasteiger partial charge in [0.2, 0.25) is 0 Å². The lowest BCUT2D eigenvalue weighted by molar-refractivity contribution is -0.149. The maximum absolute atomic E-state index is 11.9. The zero-order valence-electron chi connectivity index (χ0n) is 11.7. The van der Waals surface area contributed by atoms with Crippen LogP contribution in [-0.2, 0) is 14.3 Å². The van der Waals surface area contributed by atoms with Crippen molar-refractivity contribution >= 4 is 12.1 Å². The Labute approximate surface area is 113 Å². The number of ether oxygens (including phenoxy) is 2. The first-order valence-electron chi connectivity index (χ1n) is 6.75. The van der Waals surface area contributed by atoms with Crippen molar-refractivity contribution in [3.8, 4) is 0 Å². The zero-order chi connectivity index (χ0) is 14.0. The Balaban J connectivity index is 2.01. The Hall–Kier alpha value is -1.52. The van der Waals surface area contributed by atoms with Gasteiger partial charge >= 0.3 is 12.1 Å². The molecule has 106 valence electrons. The Bertz CT molecular complexity index is 408. The summed E-state index contributed by atoms with van der Waals surface area (Å²) >= 11 is 0. The van der Waals surface area contributed by atoms with Gasteiger partial charge < -0.3 is 14.8 Å². The lowest BCUT2D eigenvalue weighted by Crippen LogP contribution is -2.47. The smallest absolute Gasteiger partial charge is 0.407 e. The summed E-state index contributed by atoms with van der Waals surface area (Å²) in [5, 5.41) is 2.81. The summed E-state index contributed by atoms with van der Waals surface area (Å²) in [6.07, 6.45) is 4.51. The van der Waals surface area contributed by atoms with Gasteiger partial charge in [-0.25, -0.2) is 4.79 Å². The van der Waals surface area contributed by atoms with Crippen molar-refractivity contribution in [1.82, 2.24) is 5.32 Å². The highest BCUT2D eigenvalue weighted by Gasteiger charge is 2.36. The van der Waals surface area contributed by atoms with Crippen molar-refractivity contribution in [3.05, 3.63) is 11.8 Å². The average Bonchev–Trinajstić information content (AvgIpc) is 2.22. The van der Waals surface area contributed by atoms with Gasteiger partial charge in [0, 0.05) is 12.5 Å². The summed E-state index contributed by atoms with van der Waals surface area (Å²) in [5.41, 5.74) is -0.536. The van der Waals surface area contributed by atoms with Gasteiger partial charge in [-0.1, -0.05) is 0 Å². The first-order valence-corrected chi connectivity index (χ1v) is 6.75. The van der Waals surface area contributed by atoms with Crippen LogP contribution in [0.2, 0.25) is 0 Å². The second-order valence-corrected chi connectivity index (χ2v) is 6.07. The molecule has 0 saturated carbocycles. The van der Waals surface area contributed by atoms with E-state index in [9.17, 15) is 9.59 Å². The average molecular weight is 267 g/mol. The number of esters is 1. The van der Waals surface area contributed by atoms with Crippen LogP contribution < -0.4 is 5.32 Å². The van der Waals surface area contributed by atoms with E-state index < -0.39 is 11.7 Å². The number of amides is 1. The van der Waals surface area contributed by atoms with E-state index in [1.165, 1.54) is 0 Å². The van der Waals surface area contributed by atoms with Crippen LogP contribution in [0.4, 0.5) is 4.79 Å². The van der Waals surface area contributed by atoms with Crippen LogP contribution in [0.15, 0.2) is 11.8 Å². The summed E-state index contributed by atoms with van der Waals surface area (Å²) in [7, 11) is 0. The molecule has 5 nitrogen and oxygen atoms in total. The Morgan fingerprint density at radius 3 is 2.79 bits per heavy atom. The van der Waals surface area contributed by atoms with Crippen LogP contribution in [0.5, 0.6) is 0 Å². The van der Waals surface area contributed by atoms with Gasteiger partial charge in [0.1, 0.15) is 11.4 Å². The van der Waals surface area contributed by atoms with E-state index in [2.05, 4.69) is 5.32 Å². The quantitative estimate of drug-likeness (QED) is 0.741. The van der Waals surface area contributed by atoms with E-state index in [1.807, 2.05) is 26.8 Å². The van der Waals surface area contributed by atoms with Gasteiger partial charge in [0.15, 0.2) is 0 Å². The Morgan fingerprint density at radius 2 is 2.16 bits per heavy atom. The highest BCUT2D eigenvalue weighted by Crippen LogP contribution is 2.30. The number of fused-ring (bicyclic) bond motifs is 5. The molecule has 2 atom stereocenters. The molecule has 3 aliphatic rings. The van der Waals surface area contributed by atoms with Gasteiger partial charge in [-0.2, -0.15) is 0 Å². The monoisotopic (exact) mass is 267 g/mol. The van der Waals surface area contributed by atoms with Crippen LogP contribution in [0, 0.1) is 5.92 Å². The maximum Gasteiger partial charge on any atom is 0.407 e. The van der Waals surface area contributed by atoms with Gasteiger partial charge in [-0.05, 0) is 46.1 Å². The van der Waals surface area contributed by atoms with Gasteiger partial charge in [0.25, 0.3) is 0 Å². The molecule has 1 saturated heterocycles. The van der Waals surface area contributed by atoms with Crippen molar-refractivity contribution in [2.24, 2.45) is 5.92 Å². The molecule has 2 aliphatic heterocycles. The SMILES string of the molecule is CC(C)(C)OC(=O)N[C@H]1CC/C=C2\CC[C@@H]1C(=O)O2. The fourth-order valence-electron chi connectivity index (χ4n) is 2.44. The number of alkyl carbamates (subject to hydrolysis) is 1. The molecular formula is C14H21NO4. The topological polar surface area (TPSA) is 64.6 Å². The zero-order valence-corrected chi connectivity index (χ0v) is 11.7. The minimum absolute atomic E-state index is 0.208. The number of nitrogens with one attached hydrogen (secondary N) is 1. The van der Waals surface area contributed by atoms with Crippen molar-refractivity contribution in [2.75, 3.05) is 0 Å². The minimum Gasteiger partial charge on any atom is -0.444 e. The predicted octanol–water partition coefficient (Wildman–Crippen LogP) is 2.51. The number of carbonyl (C=O) groups is 2. The molecule has 0 radical (unpaired) electrons. The number of carbonyl (C=O) groups excluding carboxylic acids is 2. The minimum atomic E-state index is -0.536. The van der Waals surface area contributed by atoms with Gasteiger partial charge in [-0.15, -0.1) is 0 Å². The number of hydrogen-bond acceptors (Lipinski definition) is 4. The first-order chi connectivity index (χ1) is 8.85. The van der Waals surface area contributed by atoms with Crippen LogP contribution in [0.1, 0.15) is 46.5 Å². The molecule has 1 fully saturated rings. The lowest BCUT2D eigenvalue weighted by atomic mass is 9.87. The molecule has 1 aliphatic carbocycles. The molecule has 1 N–H and O–H groups in total. The normalized spacial score (nSPS) is 29.6. The van der Waals surface area contributed by atoms with E-state index in [-0.39, 0.29) is 17.9 Å². The lowest BCUT2D eigenvalue weighted by Gasteiger charge is -2.32. The number of rotatable bonds is 1. The third-order valence-electron chi connectivity index (χ3n) is 3.27. The third kappa shape index (κ3) is 3.72. The standard InChI is InChI=1S/C14H21NO4/c1-14(2,3)19-13(17)15-11-6-4-5-9-7-8-10(11)12(16)18-9/h5,10-11H,4,6-8H2,1-3H3,(H,15,17)/b9-5+/t10-,11-/m0/s1. The van der Waals surface area contributed by atoms with Crippen molar-refractivity contribution in [1.29, 1.82) is 0 Å². The third-order valence-corrected chi connectivity index (χ3v) is 3.27. The van der Waals surface area contributed by atoms with Crippen molar-refractivity contribution in [2.45, 2.75) is 58.1 Å². The van der Waals surface area contributed by atoms with Crippen molar-refractivity contribution < 1.29 is 19.1 Å². The molecule has 2 heterocycles. The summed E-state index contributed by atoms with van der Waals surface area (Å²) < 4.78 is 10.5. The van der Waals surface area contributed by atoms with E-state index in [4.69, 9.17) is 9.47 Å². The molecule has 0 aromatic heterocycles. The largest absolute Gasteiger partial charge is 0.444 e. The van der Waals surface area contributed by atoms with Crippen LogP contribution in [0.25, 0.3) is 0 Å². The highest BCUT2D eigenvalue weighted by atomic mass is 16.6. The molecule has 0 spiro atoms. The van der Waals surface area contributed by atoms with E-state index in [0.717, 1.165) is 31.4 Å². The second-order valence-electron chi connectivity index (χ2n) is 6.07. The van der Waals surface area contributed by atoms with Crippen LogP contribution in [-0.4, -0.2) is 23.7 Å². The summed E-state index contributed by atoms with van der Waals surface area (Å²) in [6.45, 7) is 5.44. The highest BCUT2D eigenvalue weighted by molar-refractivity contribution is 5.77. The molecule has 19 heavy (non-hydrogen) atoms. The molecule has 5 heteroatoms. The Morgan fingerprint density at radius 1 is 1.42 bits per heavy atom. The second kappa shape index (κ2) is 5.23. The van der Waals surface area contributed by atoms with E-state index in [0.29, 0.717) is 0 Å². The van der Waals surface area contributed by atoms with E-state index >= 15 is 0 Å². The molecule has 0 unspecified atom stereocenters. The van der Waals surface area contributed by atoms with Gasteiger partial charge in [-0.3, -0.25) is 4.79 Å². The first kappa shape index (κ1) is 13.9.